The van der Waals surface area contributed by atoms with Gasteiger partial charge in [-0.2, -0.15) is 0 Å². The number of fused-ring (bicyclic) bond motifs is 5. The van der Waals surface area contributed by atoms with Gasteiger partial charge in [-0.3, -0.25) is 4.79 Å². The second-order valence-electron chi connectivity index (χ2n) is 10.9. The van der Waals surface area contributed by atoms with Gasteiger partial charge in [0, 0.05) is 18.4 Å². The molecule has 0 amide bonds. The van der Waals surface area contributed by atoms with Gasteiger partial charge in [0.25, 0.3) is 0 Å². The third kappa shape index (κ3) is 4.37. The summed E-state index contributed by atoms with van der Waals surface area (Å²) in [6.45, 7) is 3.15. The maximum atomic E-state index is 12.8. The third-order valence-electron chi connectivity index (χ3n) is 9.06. The first-order valence-corrected chi connectivity index (χ1v) is 13.0. The lowest BCUT2D eigenvalue weighted by Crippen LogP contribution is -2.46. The third-order valence-corrected chi connectivity index (χ3v) is 9.06. The molecule has 2 aromatic carbocycles. The van der Waals surface area contributed by atoms with Crippen LogP contribution in [0.4, 0.5) is 0 Å². The number of hydrogen-bond donors (Lipinski definition) is 1. The number of rotatable bonds is 8. The van der Waals surface area contributed by atoms with E-state index in [0.29, 0.717) is 36.1 Å². The zero-order valence-corrected chi connectivity index (χ0v) is 20.0. The predicted molar refractivity (Wildman–Crippen MR) is 131 cm³/mol. The molecule has 0 bridgehead atoms. The van der Waals surface area contributed by atoms with Crippen LogP contribution in [-0.4, -0.2) is 17.5 Å². The van der Waals surface area contributed by atoms with Crippen LogP contribution in [0, 0.1) is 23.2 Å². The molecule has 3 aliphatic rings. The Bertz CT molecular complexity index is 968. The van der Waals surface area contributed by atoms with Gasteiger partial charge in [0.15, 0.2) is 0 Å². The van der Waals surface area contributed by atoms with E-state index >= 15 is 0 Å². The first-order valence-electron chi connectivity index (χ1n) is 13.0. The number of benzene rings is 2. The predicted octanol–water partition coefficient (Wildman–Crippen LogP) is 6.47. The molecule has 3 nitrogen and oxygen atoms in total. The van der Waals surface area contributed by atoms with Crippen LogP contribution in [0.2, 0.25) is 0 Å². The average molecular weight is 447 g/mol. The summed E-state index contributed by atoms with van der Waals surface area (Å²) >= 11 is 0. The van der Waals surface area contributed by atoms with Crippen molar-refractivity contribution in [1.82, 2.24) is 0 Å². The van der Waals surface area contributed by atoms with Gasteiger partial charge < -0.3 is 9.84 Å². The van der Waals surface area contributed by atoms with E-state index in [2.05, 4.69) is 49.4 Å². The molecule has 0 spiro atoms. The summed E-state index contributed by atoms with van der Waals surface area (Å²) in [5.41, 5.74) is 4.07. The van der Waals surface area contributed by atoms with E-state index in [1.54, 1.807) is 0 Å². The van der Waals surface area contributed by atoms with Crippen molar-refractivity contribution >= 4 is 5.78 Å². The van der Waals surface area contributed by atoms with Crippen molar-refractivity contribution in [2.24, 2.45) is 23.2 Å². The number of carbonyl (C=O) groups is 1. The summed E-state index contributed by atoms with van der Waals surface area (Å²) in [4.78, 5) is 12.8. The minimum Gasteiger partial charge on any atom is -0.489 e. The van der Waals surface area contributed by atoms with E-state index < -0.39 is 0 Å². The van der Waals surface area contributed by atoms with E-state index in [-0.39, 0.29) is 12.0 Å². The van der Waals surface area contributed by atoms with Crippen molar-refractivity contribution < 1.29 is 14.6 Å². The molecule has 0 aliphatic heterocycles. The Labute approximate surface area is 198 Å². The van der Waals surface area contributed by atoms with Gasteiger partial charge in [-0.1, -0.05) is 56.2 Å². The molecule has 0 radical (unpaired) electrons. The molecule has 0 aromatic heterocycles. The SMILES string of the molecule is C[C@]12CC[C@@H]3c4ccc(OCc5ccccc5)cc4C[C@@H](CCCCCO)[C@H]3[C@@H]1CCC2=O. The fourth-order valence-corrected chi connectivity index (χ4v) is 7.35. The van der Waals surface area contributed by atoms with E-state index in [9.17, 15) is 9.90 Å². The minimum absolute atomic E-state index is 0.0965. The summed E-state index contributed by atoms with van der Waals surface area (Å²) < 4.78 is 6.17. The van der Waals surface area contributed by atoms with Crippen LogP contribution in [0.5, 0.6) is 5.75 Å². The van der Waals surface area contributed by atoms with Gasteiger partial charge in [0.1, 0.15) is 18.1 Å². The molecule has 3 heteroatoms. The molecule has 3 aliphatic carbocycles. The highest BCUT2D eigenvalue weighted by molar-refractivity contribution is 5.87. The van der Waals surface area contributed by atoms with Crippen LogP contribution in [0.15, 0.2) is 48.5 Å². The monoisotopic (exact) mass is 446 g/mol. The van der Waals surface area contributed by atoms with Crippen molar-refractivity contribution in [3.8, 4) is 5.75 Å². The van der Waals surface area contributed by atoms with Gasteiger partial charge in [0.2, 0.25) is 0 Å². The molecule has 2 fully saturated rings. The number of ether oxygens (including phenoxy) is 1. The Morgan fingerprint density at radius 2 is 1.91 bits per heavy atom. The normalized spacial score (nSPS) is 30.4. The van der Waals surface area contributed by atoms with Crippen molar-refractivity contribution in [2.45, 2.75) is 77.2 Å². The zero-order chi connectivity index (χ0) is 22.8. The molecule has 5 atom stereocenters. The van der Waals surface area contributed by atoms with E-state index in [1.807, 2.05) is 6.07 Å². The first-order chi connectivity index (χ1) is 16.1. The smallest absolute Gasteiger partial charge is 0.139 e. The minimum atomic E-state index is -0.0965. The second kappa shape index (κ2) is 9.62. The van der Waals surface area contributed by atoms with E-state index in [4.69, 9.17) is 4.74 Å². The number of aliphatic hydroxyl groups excluding tert-OH is 1. The maximum Gasteiger partial charge on any atom is 0.139 e. The lowest BCUT2D eigenvalue weighted by atomic mass is 9.52. The number of aliphatic hydroxyl groups is 1. The summed E-state index contributed by atoms with van der Waals surface area (Å²) in [6.07, 6.45) is 9.50. The van der Waals surface area contributed by atoms with Crippen molar-refractivity contribution in [3.63, 3.8) is 0 Å². The fraction of sp³-hybridized carbons (Fsp3) is 0.567. The Hall–Kier alpha value is -2.13. The summed E-state index contributed by atoms with van der Waals surface area (Å²) in [7, 11) is 0. The topological polar surface area (TPSA) is 46.5 Å². The molecule has 1 N–H and O–H groups in total. The molecule has 5 rings (SSSR count). The van der Waals surface area contributed by atoms with Crippen LogP contribution >= 0.6 is 0 Å². The first kappa shape index (κ1) is 22.7. The van der Waals surface area contributed by atoms with Gasteiger partial charge >= 0.3 is 0 Å². The average Bonchev–Trinajstić information content (AvgIpc) is 3.15. The number of Topliss-reactive ketones (excluding diaryl/α,β-unsaturated/α-hetero) is 1. The van der Waals surface area contributed by atoms with Crippen molar-refractivity contribution in [2.75, 3.05) is 6.61 Å². The number of carbonyl (C=O) groups excluding carboxylic acids is 1. The quantitative estimate of drug-likeness (QED) is 0.473. The molecule has 2 saturated carbocycles. The van der Waals surface area contributed by atoms with Crippen LogP contribution in [0.25, 0.3) is 0 Å². The second-order valence-corrected chi connectivity index (χ2v) is 10.9. The molecular weight excluding hydrogens is 408 g/mol. The van der Waals surface area contributed by atoms with Gasteiger partial charge in [-0.05, 0) is 91.0 Å². The van der Waals surface area contributed by atoms with Crippen molar-refractivity contribution in [1.29, 1.82) is 0 Å². The Morgan fingerprint density at radius 1 is 1.06 bits per heavy atom. The summed E-state index contributed by atoms with van der Waals surface area (Å²) in [5, 5.41) is 9.22. The Kier molecular flexibility index (Phi) is 6.60. The molecular formula is C30H38O3. The number of ketones is 1. The highest BCUT2D eigenvalue weighted by atomic mass is 16.5. The lowest BCUT2D eigenvalue weighted by Gasteiger charge is -2.51. The molecule has 176 valence electrons. The van der Waals surface area contributed by atoms with Gasteiger partial charge in [0.05, 0.1) is 0 Å². The Balaban J connectivity index is 1.39. The highest BCUT2D eigenvalue weighted by Crippen LogP contribution is 2.61. The maximum absolute atomic E-state index is 12.8. The summed E-state index contributed by atoms with van der Waals surface area (Å²) in [6, 6.07) is 17.1. The van der Waals surface area contributed by atoms with Crippen LogP contribution in [-0.2, 0) is 17.8 Å². The van der Waals surface area contributed by atoms with Crippen LogP contribution in [0.3, 0.4) is 0 Å². The summed E-state index contributed by atoms with van der Waals surface area (Å²) in [5.74, 6) is 3.83. The zero-order valence-electron chi connectivity index (χ0n) is 20.0. The van der Waals surface area contributed by atoms with Gasteiger partial charge in [-0.25, -0.2) is 0 Å². The lowest BCUT2D eigenvalue weighted by molar-refractivity contribution is -0.130. The standard InChI is InChI=1S/C30H38O3/c1-30-16-15-26-25-12-11-24(33-20-21-8-4-2-5-9-21)19-23(25)18-22(10-6-3-7-17-31)29(26)27(30)13-14-28(30)32/h2,4-5,8-9,11-12,19,22,26-27,29,31H,3,6-7,10,13-18,20H2,1H3/t22-,26-,27+,29-,30+/m1/s1. The number of unbranched alkanes of at least 4 members (excludes halogenated alkanes) is 2. The van der Waals surface area contributed by atoms with Crippen molar-refractivity contribution in [3.05, 3.63) is 65.2 Å². The molecule has 2 aromatic rings. The molecule has 0 unspecified atom stereocenters. The molecule has 0 heterocycles. The molecule has 0 saturated heterocycles. The van der Waals surface area contributed by atoms with Crippen LogP contribution < -0.4 is 4.74 Å². The number of hydrogen-bond acceptors (Lipinski definition) is 3. The highest BCUT2D eigenvalue weighted by Gasteiger charge is 2.56. The largest absolute Gasteiger partial charge is 0.489 e. The molecule has 33 heavy (non-hydrogen) atoms. The van der Waals surface area contributed by atoms with Gasteiger partial charge in [-0.15, -0.1) is 0 Å². The fourth-order valence-electron chi connectivity index (χ4n) is 7.35. The Morgan fingerprint density at radius 3 is 2.73 bits per heavy atom. The van der Waals surface area contributed by atoms with E-state index in [0.717, 1.165) is 50.7 Å². The van der Waals surface area contributed by atoms with E-state index in [1.165, 1.54) is 29.5 Å². The van der Waals surface area contributed by atoms with Crippen LogP contribution in [0.1, 0.15) is 80.9 Å².